The Labute approximate surface area is 181 Å². The zero-order valence-corrected chi connectivity index (χ0v) is 18.7. The van der Waals surface area contributed by atoms with Gasteiger partial charge in [-0.3, -0.25) is 4.79 Å². The Morgan fingerprint density at radius 1 is 1.30 bits per heavy atom. The van der Waals surface area contributed by atoms with Gasteiger partial charge in [-0.2, -0.15) is 0 Å². The van der Waals surface area contributed by atoms with E-state index in [2.05, 4.69) is 19.6 Å². The van der Waals surface area contributed by atoms with Crippen LogP contribution in [-0.4, -0.2) is 40.3 Å². The standard InChI is InChI=1S/C25H40O5/c1-4-7-11-18-25(29,5-2)19-12-13-20-16-17-22(26)21(20)14-9-8-10-15-23(27)24(28)30-6-3/h5,8-9,12-13,20-21,23,27,29H,2,4,6-7,10-11,14-19H2,1,3H3/t20-,21+,23?,25?/m0/s1. The topological polar surface area (TPSA) is 83.8 Å². The van der Waals surface area contributed by atoms with Crippen molar-refractivity contribution in [1.29, 1.82) is 0 Å². The van der Waals surface area contributed by atoms with Crippen LogP contribution < -0.4 is 0 Å². The second-order valence-electron chi connectivity index (χ2n) is 8.22. The van der Waals surface area contributed by atoms with Crippen molar-refractivity contribution in [3.05, 3.63) is 37.0 Å². The van der Waals surface area contributed by atoms with Crippen LogP contribution >= 0.6 is 0 Å². The third-order valence-corrected chi connectivity index (χ3v) is 5.82. The van der Waals surface area contributed by atoms with Gasteiger partial charge in [-0.05, 0) is 51.4 Å². The van der Waals surface area contributed by atoms with Crippen LogP contribution in [0.2, 0.25) is 0 Å². The number of aliphatic hydroxyl groups is 2. The SMILES string of the molecule is C=CC(O)(CC=C[C@H]1CCC(=O)[C@@H]1CC=CCCC(O)C(=O)OCC)CCCCC. The van der Waals surface area contributed by atoms with Gasteiger partial charge in [0.1, 0.15) is 5.78 Å². The molecule has 1 saturated carbocycles. The average molecular weight is 421 g/mol. The number of allylic oxidation sites excluding steroid dienone is 3. The van der Waals surface area contributed by atoms with E-state index >= 15 is 0 Å². The molecule has 0 aromatic rings. The lowest BCUT2D eigenvalue weighted by Gasteiger charge is -2.23. The van der Waals surface area contributed by atoms with E-state index in [1.807, 2.05) is 18.2 Å². The first-order chi connectivity index (χ1) is 14.4. The van der Waals surface area contributed by atoms with Gasteiger partial charge >= 0.3 is 5.97 Å². The first-order valence-electron chi connectivity index (χ1n) is 11.4. The van der Waals surface area contributed by atoms with Crippen LogP contribution in [0.5, 0.6) is 0 Å². The highest BCUT2D eigenvalue weighted by Crippen LogP contribution is 2.33. The number of hydrogen-bond donors (Lipinski definition) is 2. The van der Waals surface area contributed by atoms with Gasteiger partial charge in [0.15, 0.2) is 6.10 Å². The van der Waals surface area contributed by atoms with Crippen LogP contribution in [0.15, 0.2) is 37.0 Å². The maximum Gasteiger partial charge on any atom is 0.334 e. The molecule has 5 heteroatoms. The Morgan fingerprint density at radius 2 is 2.07 bits per heavy atom. The largest absolute Gasteiger partial charge is 0.464 e. The van der Waals surface area contributed by atoms with Gasteiger partial charge in [-0.15, -0.1) is 6.58 Å². The second-order valence-corrected chi connectivity index (χ2v) is 8.22. The van der Waals surface area contributed by atoms with Gasteiger partial charge < -0.3 is 14.9 Å². The molecule has 0 amide bonds. The van der Waals surface area contributed by atoms with Crippen molar-refractivity contribution in [2.45, 2.75) is 89.8 Å². The molecule has 0 aromatic carbocycles. The number of unbranched alkanes of at least 4 members (excludes halogenated alkanes) is 2. The number of ketones is 1. The fraction of sp³-hybridized carbons (Fsp3) is 0.680. The molecule has 1 aliphatic carbocycles. The molecule has 2 unspecified atom stereocenters. The van der Waals surface area contributed by atoms with Gasteiger partial charge in [0.05, 0.1) is 12.2 Å². The summed E-state index contributed by atoms with van der Waals surface area (Å²) in [6, 6.07) is 0. The van der Waals surface area contributed by atoms with Gasteiger partial charge in [-0.25, -0.2) is 4.79 Å². The highest BCUT2D eigenvalue weighted by atomic mass is 16.5. The fourth-order valence-corrected chi connectivity index (χ4v) is 3.86. The number of hydrogen-bond acceptors (Lipinski definition) is 5. The molecule has 0 aliphatic heterocycles. The summed E-state index contributed by atoms with van der Waals surface area (Å²) in [6.45, 7) is 7.89. The summed E-state index contributed by atoms with van der Waals surface area (Å²) in [5.74, 6) is -0.152. The Balaban J connectivity index is 2.48. The summed E-state index contributed by atoms with van der Waals surface area (Å²) in [5.41, 5.74) is -0.872. The molecule has 2 N–H and O–H groups in total. The van der Waals surface area contributed by atoms with Crippen LogP contribution in [0, 0.1) is 11.8 Å². The van der Waals surface area contributed by atoms with E-state index in [1.165, 1.54) is 0 Å². The summed E-state index contributed by atoms with van der Waals surface area (Å²) in [5, 5.41) is 20.4. The van der Waals surface area contributed by atoms with Crippen LogP contribution in [0.1, 0.15) is 78.1 Å². The molecule has 0 aromatic heterocycles. The predicted molar refractivity (Wildman–Crippen MR) is 120 cm³/mol. The maximum atomic E-state index is 12.3. The lowest BCUT2D eigenvalue weighted by Crippen LogP contribution is -2.24. The summed E-state index contributed by atoms with van der Waals surface area (Å²) in [7, 11) is 0. The average Bonchev–Trinajstić information content (AvgIpc) is 3.07. The minimum Gasteiger partial charge on any atom is -0.464 e. The lowest BCUT2D eigenvalue weighted by molar-refractivity contribution is -0.153. The first kappa shape index (κ1) is 26.3. The normalized spacial score (nSPS) is 22.5. The summed E-state index contributed by atoms with van der Waals surface area (Å²) in [4.78, 5) is 23.7. The molecule has 4 atom stereocenters. The fourth-order valence-electron chi connectivity index (χ4n) is 3.86. The van der Waals surface area contributed by atoms with Crippen molar-refractivity contribution in [2.24, 2.45) is 11.8 Å². The molecular weight excluding hydrogens is 380 g/mol. The molecule has 0 heterocycles. The third-order valence-electron chi connectivity index (χ3n) is 5.82. The smallest absolute Gasteiger partial charge is 0.334 e. The minimum atomic E-state index is -1.10. The van der Waals surface area contributed by atoms with Crippen LogP contribution in [0.3, 0.4) is 0 Å². The predicted octanol–water partition coefficient (Wildman–Crippen LogP) is 4.68. The number of aliphatic hydroxyl groups excluding tert-OH is 1. The molecule has 0 spiro atoms. The first-order valence-corrected chi connectivity index (χ1v) is 11.4. The zero-order valence-electron chi connectivity index (χ0n) is 18.7. The van der Waals surface area contributed by atoms with E-state index in [9.17, 15) is 19.8 Å². The summed E-state index contributed by atoms with van der Waals surface area (Å²) >= 11 is 0. The second kappa shape index (κ2) is 14.3. The Morgan fingerprint density at radius 3 is 2.73 bits per heavy atom. The lowest BCUT2D eigenvalue weighted by atomic mass is 9.89. The van der Waals surface area contributed by atoms with Crippen molar-refractivity contribution < 1.29 is 24.5 Å². The van der Waals surface area contributed by atoms with Crippen LogP contribution in [-0.2, 0) is 14.3 Å². The van der Waals surface area contributed by atoms with Crippen molar-refractivity contribution in [2.75, 3.05) is 6.61 Å². The van der Waals surface area contributed by atoms with E-state index in [4.69, 9.17) is 4.74 Å². The quantitative estimate of drug-likeness (QED) is 0.228. The Bertz CT molecular complexity index is 594. The molecular formula is C25H40O5. The van der Waals surface area contributed by atoms with E-state index < -0.39 is 17.7 Å². The summed E-state index contributed by atoms with van der Waals surface area (Å²) < 4.78 is 4.78. The van der Waals surface area contributed by atoms with Crippen molar-refractivity contribution in [3.8, 4) is 0 Å². The molecule has 30 heavy (non-hydrogen) atoms. The van der Waals surface area contributed by atoms with Gasteiger partial charge in [0, 0.05) is 12.3 Å². The molecule has 1 fully saturated rings. The third kappa shape index (κ3) is 9.40. The molecule has 0 radical (unpaired) electrons. The molecule has 0 bridgehead atoms. The Kier molecular flexibility index (Phi) is 12.6. The summed E-state index contributed by atoms with van der Waals surface area (Å²) in [6.07, 6.45) is 15.9. The minimum absolute atomic E-state index is 0.0376. The van der Waals surface area contributed by atoms with Crippen molar-refractivity contribution in [3.63, 3.8) is 0 Å². The van der Waals surface area contributed by atoms with Crippen molar-refractivity contribution >= 4 is 11.8 Å². The Hall–Kier alpha value is -1.72. The monoisotopic (exact) mass is 420 g/mol. The molecule has 1 aliphatic rings. The maximum absolute atomic E-state index is 12.3. The highest BCUT2D eigenvalue weighted by Gasteiger charge is 2.32. The number of esters is 1. The number of ether oxygens (including phenoxy) is 1. The highest BCUT2D eigenvalue weighted by molar-refractivity contribution is 5.83. The molecule has 0 saturated heterocycles. The van der Waals surface area contributed by atoms with Gasteiger partial charge in [-0.1, -0.05) is 56.6 Å². The molecule has 5 nitrogen and oxygen atoms in total. The van der Waals surface area contributed by atoms with E-state index in [-0.39, 0.29) is 24.2 Å². The number of Topliss-reactive ketones (excluding diaryl/α,β-unsaturated/α-hetero) is 1. The van der Waals surface area contributed by atoms with Crippen LogP contribution in [0.25, 0.3) is 0 Å². The number of rotatable bonds is 15. The molecule has 170 valence electrons. The number of carbonyl (C=O) groups excluding carboxylic acids is 2. The molecule has 1 rings (SSSR count). The number of carbonyl (C=O) groups is 2. The van der Waals surface area contributed by atoms with Gasteiger partial charge in [0.2, 0.25) is 0 Å². The van der Waals surface area contributed by atoms with Crippen LogP contribution in [0.4, 0.5) is 0 Å². The van der Waals surface area contributed by atoms with E-state index in [0.29, 0.717) is 38.5 Å². The van der Waals surface area contributed by atoms with E-state index in [0.717, 1.165) is 25.7 Å². The zero-order chi connectivity index (χ0) is 22.4. The van der Waals surface area contributed by atoms with E-state index in [1.54, 1.807) is 13.0 Å². The van der Waals surface area contributed by atoms with Gasteiger partial charge in [0.25, 0.3) is 0 Å². The van der Waals surface area contributed by atoms with Crippen molar-refractivity contribution in [1.82, 2.24) is 0 Å².